The van der Waals surface area contributed by atoms with Crippen molar-refractivity contribution in [1.29, 1.82) is 0 Å². The van der Waals surface area contributed by atoms with Gasteiger partial charge >= 0.3 is 11.9 Å². The first kappa shape index (κ1) is 14.9. The van der Waals surface area contributed by atoms with Gasteiger partial charge in [-0.15, -0.1) is 0 Å². The predicted octanol–water partition coefficient (Wildman–Crippen LogP) is 3.50. The number of rotatable bonds is 3. The minimum Gasteiger partial charge on any atom is -0.295 e. The number of hydrogen-bond donors (Lipinski definition) is 0. The molecule has 1 saturated carbocycles. The average molecular weight is 314 g/mol. The summed E-state index contributed by atoms with van der Waals surface area (Å²) in [5.74, 6) is -0.755. The minimum absolute atomic E-state index is 0.142. The van der Waals surface area contributed by atoms with Gasteiger partial charge in [0.05, 0.1) is 12.1 Å². The molecule has 22 heavy (non-hydrogen) atoms. The van der Waals surface area contributed by atoms with Crippen LogP contribution in [0.15, 0.2) is 29.2 Å². The van der Waals surface area contributed by atoms with Crippen molar-refractivity contribution in [2.75, 3.05) is 0 Å². The Labute approximate surface area is 123 Å². The monoisotopic (exact) mass is 314 g/mol. The number of halogens is 4. The molecule has 0 aliphatic heterocycles. The molecule has 0 amide bonds. The molecule has 0 atom stereocenters. The molecule has 0 unspecified atom stereocenters. The lowest BCUT2D eigenvalue weighted by Gasteiger charge is -2.13. The Morgan fingerprint density at radius 3 is 2.55 bits per heavy atom. The first-order valence-electron chi connectivity index (χ1n) is 6.91. The van der Waals surface area contributed by atoms with E-state index in [1.54, 1.807) is 11.5 Å². The third-order valence-electron chi connectivity index (χ3n) is 3.80. The molecule has 1 aromatic heterocycles. The maximum atomic E-state index is 13.3. The van der Waals surface area contributed by atoms with Crippen molar-refractivity contribution >= 4 is 0 Å². The Morgan fingerprint density at radius 1 is 1.27 bits per heavy atom. The zero-order valence-corrected chi connectivity index (χ0v) is 11.8. The molecule has 0 spiro atoms. The van der Waals surface area contributed by atoms with E-state index in [0.29, 0.717) is 11.8 Å². The molecular weight excluding hydrogens is 300 g/mol. The van der Waals surface area contributed by atoms with Crippen LogP contribution in [0.1, 0.15) is 35.7 Å². The van der Waals surface area contributed by atoms with Crippen molar-refractivity contribution < 1.29 is 17.6 Å². The first-order chi connectivity index (χ1) is 10.3. The number of alkyl halides is 3. The zero-order valence-electron chi connectivity index (χ0n) is 11.8. The molecule has 1 heterocycles. The number of nitrogens with zero attached hydrogens (tertiary/aromatic N) is 2. The second-order valence-electron chi connectivity index (χ2n) is 5.58. The predicted molar refractivity (Wildman–Crippen MR) is 72.2 cm³/mol. The van der Waals surface area contributed by atoms with Crippen LogP contribution in [-0.4, -0.2) is 9.13 Å². The van der Waals surface area contributed by atoms with Crippen molar-refractivity contribution in [3.05, 3.63) is 57.5 Å². The highest BCUT2D eigenvalue weighted by Crippen LogP contribution is 2.35. The third kappa shape index (κ3) is 2.67. The summed E-state index contributed by atoms with van der Waals surface area (Å²) in [6.45, 7) is 1.44. The van der Waals surface area contributed by atoms with Crippen LogP contribution in [0.2, 0.25) is 0 Å². The second kappa shape index (κ2) is 5.00. The van der Waals surface area contributed by atoms with Crippen LogP contribution >= 0.6 is 0 Å². The van der Waals surface area contributed by atoms with E-state index in [4.69, 9.17) is 0 Å². The van der Waals surface area contributed by atoms with Gasteiger partial charge in [0.25, 0.3) is 0 Å². The van der Waals surface area contributed by atoms with Crippen molar-refractivity contribution in [2.24, 2.45) is 0 Å². The number of aryl methyl sites for hydroxylation is 1. The molecule has 0 radical (unpaired) electrons. The Bertz CT molecular complexity index is 769. The van der Waals surface area contributed by atoms with Gasteiger partial charge in [-0.3, -0.25) is 9.13 Å². The summed E-state index contributed by atoms with van der Waals surface area (Å²) in [6.07, 6.45) is -1.26. The van der Waals surface area contributed by atoms with Gasteiger partial charge < -0.3 is 0 Å². The van der Waals surface area contributed by atoms with Crippen LogP contribution in [-0.2, 0) is 12.7 Å². The van der Waals surface area contributed by atoms with Gasteiger partial charge in [-0.25, -0.2) is 9.18 Å². The van der Waals surface area contributed by atoms with Gasteiger partial charge in [-0.2, -0.15) is 13.2 Å². The minimum atomic E-state index is -4.58. The molecule has 3 nitrogen and oxygen atoms in total. The zero-order chi connectivity index (χ0) is 16.1. The summed E-state index contributed by atoms with van der Waals surface area (Å²) >= 11 is 0. The summed E-state index contributed by atoms with van der Waals surface area (Å²) in [4.78, 5) is 12.3. The Balaban J connectivity index is 2.02. The fourth-order valence-electron chi connectivity index (χ4n) is 2.68. The van der Waals surface area contributed by atoms with Crippen LogP contribution in [0.25, 0.3) is 0 Å². The van der Waals surface area contributed by atoms with Crippen LogP contribution in [0.3, 0.4) is 0 Å². The summed E-state index contributed by atoms with van der Waals surface area (Å²) in [5, 5.41) is 0. The highest BCUT2D eigenvalue weighted by Gasteiger charge is 2.34. The van der Waals surface area contributed by atoms with E-state index < -0.39 is 17.6 Å². The molecule has 1 fully saturated rings. The number of benzene rings is 1. The van der Waals surface area contributed by atoms with Gasteiger partial charge in [0.2, 0.25) is 0 Å². The molecule has 7 heteroatoms. The van der Waals surface area contributed by atoms with E-state index >= 15 is 0 Å². The van der Waals surface area contributed by atoms with E-state index in [-0.39, 0.29) is 23.8 Å². The summed E-state index contributed by atoms with van der Waals surface area (Å²) in [6, 6.07) is 2.46. The van der Waals surface area contributed by atoms with Crippen LogP contribution in [0.5, 0.6) is 0 Å². The largest absolute Gasteiger partial charge is 0.416 e. The summed E-state index contributed by atoms with van der Waals surface area (Å²) in [7, 11) is 0. The SMILES string of the molecule is Cc1cn(Cc2cc(F)ccc2C(F)(F)F)c(=O)n1C1CC1. The smallest absolute Gasteiger partial charge is 0.295 e. The molecule has 0 N–H and O–H groups in total. The Hall–Kier alpha value is -2.05. The highest BCUT2D eigenvalue weighted by molar-refractivity contribution is 5.31. The normalized spacial score (nSPS) is 15.3. The fraction of sp³-hybridized carbons (Fsp3) is 0.400. The molecule has 1 aromatic carbocycles. The third-order valence-corrected chi connectivity index (χ3v) is 3.80. The van der Waals surface area contributed by atoms with Gasteiger partial charge in [-0.05, 0) is 43.5 Å². The van der Waals surface area contributed by atoms with Crippen LogP contribution in [0, 0.1) is 12.7 Å². The number of aromatic nitrogens is 2. The van der Waals surface area contributed by atoms with Crippen LogP contribution < -0.4 is 5.69 Å². The maximum absolute atomic E-state index is 13.3. The fourth-order valence-corrected chi connectivity index (χ4v) is 2.68. The average Bonchev–Trinajstić information content (AvgIpc) is 3.17. The topological polar surface area (TPSA) is 26.9 Å². The summed E-state index contributed by atoms with van der Waals surface area (Å²) in [5.41, 5.74) is -0.810. The Kier molecular flexibility index (Phi) is 3.38. The molecule has 118 valence electrons. The maximum Gasteiger partial charge on any atom is 0.416 e. The van der Waals surface area contributed by atoms with Crippen molar-refractivity contribution in [3.63, 3.8) is 0 Å². The molecule has 3 rings (SSSR count). The van der Waals surface area contributed by atoms with Gasteiger partial charge in [-0.1, -0.05) is 0 Å². The molecule has 1 aliphatic carbocycles. The number of imidazole rings is 1. The molecule has 0 bridgehead atoms. The highest BCUT2D eigenvalue weighted by atomic mass is 19.4. The Morgan fingerprint density at radius 2 is 1.95 bits per heavy atom. The molecular formula is C15H14F4N2O. The van der Waals surface area contributed by atoms with E-state index in [9.17, 15) is 22.4 Å². The van der Waals surface area contributed by atoms with Gasteiger partial charge in [0.15, 0.2) is 0 Å². The molecule has 1 aliphatic rings. The van der Waals surface area contributed by atoms with Crippen molar-refractivity contribution in [1.82, 2.24) is 9.13 Å². The van der Waals surface area contributed by atoms with Crippen molar-refractivity contribution in [2.45, 2.75) is 38.5 Å². The lowest BCUT2D eigenvalue weighted by Crippen LogP contribution is -2.25. The second-order valence-corrected chi connectivity index (χ2v) is 5.58. The van der Waals surface area contributed by atoms with Crippen LogP contribution in [0.4, 0.5) is 17.6 Å². The van der Waals surface area contributed by atoms with Gasteiger partial charge in [0.1, 0.15) is 5.82 Å². The summed E-state index contributed by atoms with van der Waals surface area (Å²) < 4.78 is 55.1. The quantitative estimate of drug-likeness (QED) is 0.797. The first-order valence-corrected chi connectivity index (χ1v) is 6.91. The lowest BCUT2D eigenvalue weighted by atomic mass is 10.1. The van der Waals surface area contributed by atoms with E-state index in [1.165, 1.54) is 10.8 Å². The lowest BCUT2D eigenvalue weighted by molar-refractivity contribution is -0.138. The molecule has 2 aromatic rings. The molecule has 0 saturated heterocycles. The standard InChI is InChI=1S/C15H14F4N2O/c1-9-7-20(14(22)21(9)12-3-4-12)8-10-6-11(16)2-5-13(10)15(17,18)19/h2,5-7,12H,3-4,8H2,1H3. The van der Waals surface area contributed by atoms with Crippen molar-refractivity contribution in [3.8, 4) is 0 Å². The van der Waals surface area contributed by atoms with E-state index in [0.717, 1.165) is 25.0 Å². The number of hydrogen-bond acceptors (Lipinski definition) is 1. The van der Waals surface area contributed by atoms with E-state index in [1.807, 2.05) is 0 Å². The van der Waals surface area contributed by atoms with Gasteiger partial charge in [0, 0.05) is 17.9 Å². The van der Waals surface area contributed by atoms with E-state index in [2.05, 4.69) is 0 Å².